The van der Waals surface area contributed by atoms with Crippen LogP contribution in [0.4, 0.5) is 5.69 Å². The molecule has 1 aliphatic rings. The summed E-state index contributed by atoms with van der Waals surface area (Å²) in [5.74, 6) is 1.88. The van der Waals surface area contributed by atoms with E-state index in [4.69, 9.17) is 9.73 Å². The summed E-state index contributed by atoms with van der Waals surface area (Å²) in [4.78, 5) is 15.2. The molecule has 148 valence electrons. The molecule has 0 radical (unpaired) electrons. The van der Waals surface area contributed by atoms with Crippen LogP contribution in [0.5, 0.6) is 5.75 Å². The highest BCUT2D eigenvalue weighted by Gasteiger charge is 2.21. The predicted octanol–water partition coefficient (Wildman–Crippen LogP) is 2.69. The molecule has 4 rings (SSSR count). The number of nitrogens with one attached hydrogen (secondary N) is 1. The third kappa shape index (κ3) is 3.91. The molecule has 0 aliphatic carbocycles. The molecule has 0 spiro atoms. The molecule has 7 nitrogen and oxygen atoms in total. The van der Waals surface area contributed by atoms with Crippen molar-refractivity contribution in [2.45, 2.75) is 13.5 Å². The fourth-order valence-electron chi connectivity index (χ4n) is 3.48. The zero-order valence-electron chi connectivity index (χ0n) is 16.3. The molecule has 28 heavy (non-hydrogen) atoms. The molecule has 1 fully saturated rings. The number of thiazole rings is 1. The van der Waals surface area contributed by atoms with E-state index in [1.54, 1.807) is 18.4 Å². The Hall–Kier alpha value is -2.74. The lowest BCUT2D eigenvalue weighted by Crippen LogP contribution is -2.52. The number of ether oxygens (including phenoxy) is 1. The van der Waals surface area contributed by atoms with Gasteiger partial charge in [-0.05, 0) is 19.1 Å². The van der Waals surface area contributed by atoms with Gasteiger partial charge in [-0.3, -0.25) is 4.40 Å². The van der Waals surface area contributed by atoms with Crippen LogP contribution in [0, 0.1) is 0 Å². The Morgan fingerprint density at radius 3 is 2.82 bits per heavy atom. The quantitative estimate of drug-likeness (QED) is 0.529. The molecule has 0 unspecified atom stereocenters. The maximum atomic E-state index is 5.52. The Labute approximate surface area is 169 Å². The van der Waals surface area contributed by atoms with Gasteiger partial charge in [0.15, 0.2) is 10.9 Å². The summed E-state index contributed by atoms with van der Waals surface area (Å²) < 4.78 is 7.57. The van der Waals surface area contributed by atoms with Crippen LogP contribution in [0.3, 0.4) is 0 Å². The van der Waals surface area contributed by atoms with Crippen LogP contribution < -0.4 is 15.0 Å². The number of hydrogen-bond donors (Lipinski definition) is 1. The van der Waals surface area contributed by atoms with E-state index in [1.807, 2.05) is 23.7 Å². The maximum absolute atomic E-state index is 5.52. The molecule has 1 saturated heterocycles. The van der Waals surface area contributed by atoms with E-state index in [-0.39, 0.29) is 0 Å². The minimum atomic E-state index is 0.587. The van der Waals surface area contributed by atoms with Gasteiger partial charge in [-0.15, -0.1) is 11.3 Å². The van der Waals surface area contributed by atoms with Crippen LogP contribution in [-0.4, -0.2) is 60.1 Å². The van der Waals surface area contributed by atoms with Gasteiger partial charge in [0, 0.05) is 50.5 Å². The zero-order chi connectivity index (χ0) is 19.3. The van der Waals surface area contributed by atoms with Crippen molar-refractivity contribution in [1.82, 2.24) is 19.6 Å². The number of piperazine rings is 1. The summed E-state index contributed by atoms with van der Waals surface area (Å²) in [5.41, 5.74) is 2.15. The number of aliphatic imine (C=N–C) groups is 1. The van der Waals surface area contributed by atoms with Crippen LogP contribution in [0.2, 0.25) is 0 Å². The van der Waals surface area contributed by atoms with Gasteiger partial charge in [-0.1, -0.05) is 12.1 Å². The summed E-state index contributed by atoms with van der Waals surface area (Å²) >= 11 is 1.64. The van der Waals surface area contributed by atoms with Gasteiger partial charge >= 0.3 is 0 Å². The van der Waals surface area contributed by atoms with Crippen LogP contribution in [-0.2, 0) is 6.54 Å². The van der Waals surface area contributed by atoms with E-state index < -0.39 is 0 Å². The highest BCUT2D eigenvalue weighted by Crippen LogP contribution is 2.28. The second-order valence-electron chi connectivity index (χ2n) is 6.64. The molecule has 3 aromatic rings. The predicted molar refractivity (Wildman–Crippen MR) is 115 cm³/mol. The normalized spacial score (nSPS) is 15.3. The first-order chi connectivity index (χ1) is 13.8. The standard InChI is InChI=1S/C20H26N6OS/c1-3-21-19(22-14-16-15-26-12-13-28-20(26)23-16)25-10-8-24(9-11-25)17-6-4-5-7-18(17)27-2/h4-7,12-13,15H,3,8-11,14H2,1-2H3,(H,21,22). The number of nitrogens with zero attached hydrogens (tertiary/aromatic N) is 5. The second kappa shape index (κ2) is 8.52. The SMILES string of the molecule is CCNC(=NCc1cn2ccsc2n1)N1CCN(c2ccccc2OC)CC1. The third-order valence-electron chi connectivity index (χ3n) is 4.87. The van der Waals surface area contributed by atoms with Crippen molar-refractivity contribution >= 4 is 27.9 Å². The van der Waals surface area contributed by atoms with Crippen LogP contribution in [0.1, 0.15) is 12.6 Å². The lowest BCUT2D eigenvalue weighted by atomic mass is 10.2. The average molecular weight is 399 g/mol. The third-order valence-corrected chi connectivity index (χ3v) is 5.64. The minimum Gasteiger partial charge on any atom is -0.495 e. The van der Waals surface area contributed by atoms with Gasteiger partial charge in [0.25, 0.3) is 0 Å². The van der Waals surface area contributed by atoms with Crippen LogP contribution in [0.25, 0.3) is 4.96 Å². The number of guanidine groups is 1. The molecule has 1 aliphatic heterocycles. The number of hydrogen-bond acceptors (Lipinski definition) is 5. The first-order valence-electron chi connectivity index (χ1n) is 9.60. The number of aromatic nitrogens is 2. The second-order valence-corrected chi connectivity index (χ2v) is 7.51. The number of imidazole rings is 1. The van der Waals surface area contributed by atoms with Gasteiger partial charge in [0.1, 0.15) is 5.75 Å². The Kier molecular flexibility index (Phi) is 5.66. The van der Waals surface area contributed by atoms with E-state index in [9.17, 15) is 0 Å². The summed E-state index contributed by atoms with van der Waals surface area (Å²) in [5, 5.41) is 5.47. The van der Waals surface area contributed by atoms with E-state index >= 15 is 0 Å². The molecule has 0 atom stereocenters. The smallest absolute Gasteiger partial charge is 0.194 e. The zero-order valence-corrected chi connectivity index (χ0v) is 17.2. The maximum Gasteiger partial charge on any atom is 0.194 e. The van der Waals surface area contributed by atoms with E-state index in [0.29, 0.717) is 6.54 Å². The first kappa shape index (κ1) is 18.6. The van der Waals surface area contributed by atoms with Gasteiger partial charge < -0.3 is 19.9 Å². The first-order valence-corrected chi connectivity index (χ1v) is 10.5. The molecule has 8 heteroatoms. The highest BCUT2D eigenvalue weighted by molar-refractivity contribution is 7.15. The molecule has 0 bridgehead atoms. The molecular formula is C20H26N6OS. The Morgan fingerprint density at radius 2 is 2.07 bits per heavy atom. The molecule has 1 N–H and O–H groups in total. The number of para-hydroxylation sites is 2. The van der Waals surface area contributed by atoms with Gasteiger partial charge in [-0.25, -0.2) is 9.98 Å². The number of fused-ring (bicyclic) bond motifs is 1. The van der Waals surface area contributed by atoms with E-state index in [0.717, 1.165) is 60.8 Å². The summed E-state index contributed by atoms with van der Waals surface area (Å²) in [6.07, 6.45) is 4.08. The van der Waals surface area contributed by atoms with Crippen molar-refractivity contribution in [2.24, 2.45) is 4.99 Å². The largest absolute Gasteiger partial charge is 0.495 e. The lowest BCUT2D eigenvalue weighted by molar-refractivity contribution is 0.367. The fraction of sp³-hybridized carbons (Fsp3) is 0.400. The van der Waals surface area contributed by atoms with E-state index in [1.165, 1.54) is 0 Å². The summed E-state index contributed by atoms with van der Waals surface area (Å²) in [6, 6.07) is 8.21. The Morgan fingerprint density at radius 1 is 1.25 bits per heavy atom. The van der Waals surface area contributed by atoms with Crippen molar-refractivity contribution in [2.75, 3.05) is 44.7 Å². The van der Waals surface area contributed by atoms with Crippen molar-refractivity contribution in [1.29, 1.82) is 0 Å². The molecule has 2 aromatic heterocycles. The van der Waals surface area contributed by atoms with Crippen molar-refractivity contribution < 1.29 is 4.74 Å². The van der Waals surface area contributed by atoms with Crippen LogP contribution >= 0.6 is 11.3 Å². The average Bonchev–Trinajstić information content (AvgIpc) is 3.33. The Balaban J connectivity index is 1.42. The summed E-state index contributed by atoms with van der Waals surface area (Å²) in [7, 11) is 1.73. The molecule has 0 amide bonds. The number of rotatable bonds is 5. The number of anilines is 1. The molecular weight excluding hydrogens is 372 g/mol. The summed E-state index contributed by atoms with van der Waals surface area (Å²) in [6.45, 7) is 7.25. The van der Waals surface area contributed by atoms with Crippen molar-refractivity contribution in [3.05, 3.63) is 47.7 Å². The monoisotopic (exact) mass is 398 g/mol. The van der Waals surface area contributed by atoms with Crippen LogP contribution in [0.15, 0.2) is 47.0 Å². The number of benzene rings is 1. The highest BCUT2D eigenvalue weighted by atomic mass is 32.1. The molecule has 1 aromatic carbocycles. The lowest BCUT2D eigenvalue weighted by Gasteiger charge is -2.38. The molecule has 3 heterocycles. The number of methoxy groups -OCH3 is 1. The van der Waals surface area contributed by atoms with Gasteiger partial charge in [-0.2, -0.15) is 0 Å². The minimum absolute atomic E-state index is 0.587. The molecule has 0 saturated carbocycles. The fourth-order valence-corrected chi connectivity index (χ4v) is 4.20. The Bertz CT molecular complexity index is 912. The van der Waals surface area contributed by atoms with Gasteiger partial charge in [0.05, 0.1) is 25.0 Å². The van der Waals surface area contributed by atoms with Crippen molar-refractivity contribution in [3.8, 4) is 5.75 Å². The van der Waals surface area contributed by atoms with Gasteiger partial charge in [0.2, 0.25) is 0 Å². The van der Waals surface area contributed by atoms with Crippen molar-refractivity contribution in [3.63, 3.8) is 0 Å². The topological polar surface area (TPSA) is 57.4 Å². The van der Waals surface area contributed by atoms with E-state index in [2.05, 4.69) is 49.8 Å².